The molecule has 2 atom stereocenters. The number of carbonyl (C=O) groups excluding carboxylic acids is 2. The molecule has 0 aliphatic rings. The Morgan fingerprint density at radius 2 is 1.07 bits per heavy atom. The predicted molar refractivity (Wildman–Crippen MR) is 97.0 cm³/mol. The standard InChI is InChI=1S/C16H28N2O8Te/c1-15(2,3)25-13(23)17-9(11(19)20)7-27-8-10(12(21)22)18-14(24)26-16(4,5)6/h9-10H,7-8H2,1-6H3,(H,17,23)(H,18,24)(H,19,20)(H,21,22)/t9-,10-/m0/s1. The molecule has 0 saturated heterocycles. The van der Waals surface area contributed by atoms with Gasteiger partial charge in [0.2, 0.25) is 0 Å². The van der Waals surface area contributed by atoms with Crippen molar-refractivity contribution >= 4 is 45.0 Å². The quantitative estimate of drug-likeness (QED) is 0.363. The Labute approximate surface area is 168 Å². The summed E-state index contributed by atoms with van der Waals surface area (Å²) in [6.45, 7) is 9.89. The molecule has 0 unspecified atom stereocenters. The van der Waals surface area contributed by atoms with Gasteiger partial charge in [-0.1, -0.05) is 0 Å². The van der Waals surface area contributed by atoms with Crippen LogP contribution in [0.5, 0.6) is 0 Å². The number of hydrogen-bond donors (Lipinski definition) is 4. The second kappa shape index (κ2) is 10.6. The predicted octanol–water partition coefficient (Wildman–Crippen LogP) is 1.48. The minimum atomic E-state index is -1.24. The van der Waals surface area contributed by atoms with Gasteiger partial charge in [0.25, 0.3) is 0 Å². The van der Waals surface area contributed by atoms with E-state index < -0.39 is 68.3 Å². The fourth-order valence-electron chi connectivity index (χ4n) is 1.55. The third-order valence-electron chi connectivity index (χ3n) is 2.55. The van der Waals surface area contributed by atoms with E-state index in [0.717, 1.165) is 0 Å². The molecule has 0 heterocycles. The molecule has 0 aromatic carbocycles. The van der Waals surface area contributed by atoms with Crippen LogP contribution in [0.25, 0.3) is 0 Å². The van der Waals surface area contributed by atoms with E-state index in [2.05, 4.69) is 10.6 Å². The number of alkyl carbamates (subject to hydrolysis) is 2. The number of carboxylic acids is 2. The monoisotopic (exact) mass is 506 g/mol. The van der Waals surface area contributed by atoms with E-state index >= 15 is 0 Å². The molecule has 0 aliphatic carbocycles. The van der Waals surface area contributed by atoms with Crippen LogP contribution in [0.1, 0.15) is 41.5 Å². The first-order valence-corrected chi connectivity index (χ1v) is 11.4. The first-order valence-electron chi connectivity index (χ1n) is 8.13. The Morgan fingerprint density at radius 1 is 0.778 bits per heavy atom. The van der Waals surface area contributed by atoms with Crippen LogP contribution in [0, 0.1) is 0 Å². The van der Waals surface area contributed by atoms with Crippen LogP contribution < -0.4 is 10.6 Å². The molecule has 0 aromatic rings. The molecule has 11 heteroatoms. The topological polar surface area (TPSA) is 151 Å². The number of carbonyl (C=O) groups is 4. The van der Waals surface area contributed by atoms with E-state index in [9.17, 15) is 29.4 Å². The minimum absolute atomic E-state index is 0.0966. The SMILES string of the molecule is CC(C)(C)OC(=O)N[C@@H](C[Te]C[C@H](NC(=O)OC(C)(C)C)C(=O)O)C(=O)O. The molecule has 0 rings (SSSR count). The normalized spacial score (nSPS) is 13.9. The van der Waals surface area contributed by atoms with Gasteiger partial charge in [0, 0.05) is 0 Å². The van der Waals surface area contributed by atoms with E-state index in [0.29, 0.717) is 0 Å². The van der Waals surface area contributed by atoms with Crippen molar-refractivity contribution in [2.24, 2.45) is 0 Å². The first kappa shape index (κ1) is 25.3. The molecule has 0 fully saturated rings. The van der Waals surface area contributed by atoms with E-state index in [1.54, 1.807) is 41.5 Å². The number of nitrogens with one attached hydrogen (secondary N) is 2. The summed E-state index contributed by atoms with van der Waals surface area (Å²) in [4.78, 5) is 46.0. The summed E-state index contributed by atoms with van der Waals surface area (Å²) in [6.07, 6.45) is -1.71. The van der Waals surface area contributed by atoms with E-state index in [-0.39, 0.29) is 8.94 Å². The summed E-state index contributed by atoms with van der Waals surface area (Å²) < 4.78 is 10.2. The molecule has 27 heavy (non-hydrogen) atoms. The van der Waals surface area contributed by atoms with Gasteiger partial charge in [-0.3, -0.25) is 0 Å². The van der Waals surface area contributed by atoms with Gasteiger partial charge in [-0.2, -0.15) is 0 Å². The molecule has 0 spiro atoms. The van der Waals surface area contributed by atoms with Gasteiger partial charge < -0.3 is 0 Å². The Hall–Kier alpha value is -1.73. The second-order valence-corrected chi connectivity index (χ2v) is 10.7. The van der Waals surface area contributed by atoms with Crippen LogP contribution in [-0.4, -0.2) is 78.5 Å². The molecule has 4 N–H and O–H groups in total. The van der Waals surface area contributed by atoms with Gasteiger partial charge in [-0.05, 0) is 0 Å². The summed E-state index contributed by atoms with van der Waals surface area (Å²) >= 11 is -1.15. The third kappa shape index (κ3) is 13.1. The number of hydrogen-bond acceptors (Lipinski definition) is 6. The second-order valence-electron chi connectivity index (χ2n) is 7.61. The van der Waals surface area contributed by atoms with Crippen molar-refractivity contribution in [2.75, 3.05) is 0 Å². The summed E-state index contributed by atoms with van der Waals surface area (Å²) in [5, 5.41) is 22.9. The number of carboxylic acid groups (broad SMARTS) is 2. The summed E-state index contributed by atoms with van der Waals surface area (Å²) in [6, 6.07) is -2.36. The van der Waals surface area contributed by atoms with Gasteiger partial charge in [0.05, 0.1) is 0 Å². The van der Waals surface area contributed by atoms with E-state index in [1.807, 2.05) is 0 Å². The third-order valence-corrected chi connectivity index (χ3v) is 5.80. The van der Waals surface area contributed by atoms with Gasteiger partial charge in [0.15, 0.2) is 0 Å². The van der Waals surface area contributed by atoms with Crippen LogP contribution in [0.2, 0.25) is 8.94 Å². The Morgan fingerprint density at radius 3 is 1.30 bits per heavy atom. The van der Waals surface area contributed by atoms with Crippen LogP contribution >= 0.6 is 0 Å². The van der Waals surface area contributed by atoms with Crippen molar-refractivity contribution in [3.8, 4) is 0 Å². The molecular weight excluding hydrogens is 476 g/mol. The van der Waals surface area contributed by atoms with Crippen molar-refractivity contribution in [1.29, 1.82) is 0 Å². The van der Waals surface area contributed by atoms with Crippen LogP contribution in [0.3, 0.4) is 0 Å². The molecule has 0 aromatic heterocycles. The van der Waals surface area contributed by atoms with E-state index in [1.165, 1.54) is 0 Å². The maximum absolute atomic E-state index is 11.7. The maximum atomic E-state index is 11.7. The van der Waals surface area contributed by atoms with Crippen molar-refractivity contribution < 1.29 is 38.9 Å². The molecule has 0 radical (unpaired) electrons. The number of ether oxygens (including phenoxy) is 2. The Kier molecular flexibility index (Phi) is 9.89. The Balaban J connectivity index is 4.64. The van der Waals surface area contributed by atoms with Gasteiger partial charge >= 0.3 is 168 Å². The Bertz CT molecular complexity index is 506. The number of rotatable bonds is 8. The van der Waals surface area contributed by atoms with Gasteiger partial charge in [0.1, 0.15) is 0 Å². The zero-order chi connectivity index (χ0) is 21.4. The van der Waals surface area contributed by atoms with Crippen molar-refractivity contribution in [1.82, 2.24) is 10.6 Å². The van der Waals surface area contributed by atoms with Crippen LogP contribution in [-0.2, 0) is 19.1 Å². The van der Waals surface area contributed by atoms with Gasteiger partial charge in [-0.15, -0.1) is 0 Å². The first-order chi connectivity index (χ1) is 12.1. The fraction of sp³-hybridized carbons (Fsp3) is 0.750. The van der Waals surface area contributed by atoms with Gasteiger partial charge in [-0.25, -0.2) is 0 Å². The average molecular weight is 504 g/mol. The van der Waals surface area contributed by atoms with Crippen molar-refractivity contribution in [3.05, 3.63) is 0 Å². The average Bonchev–Trinajstić information content (AvgIpc) is 2.40. The molecule has 156 valence electrons. The summed E-state index contributed by atoms with van der Waals surface area (Å²) in [7, 11) is 0. The summed E-state index contributed by atoms with van der Waals surface area (Å²) in [5.74, 6) is -2.48. The van der Waals surface area contributed by atoms with Crippen LogP contribution in [0.15, 0.2) is 0 Å². The molecule has 2 amide bonds. The molecule has 10 nitrogen and oxygen atoms in total. The van der Waals surface area contributed by atoms with Crippen molar-refractivity contribution in [2.45, 2.75) is 73.8 Å². The van der Waals surface area contributed by atoms with Crippen LogP contribution in [0.4, 0.5) is 9.59 Å². The molecule has 0 aliphatic heterocycles. The number of aliphatic carboxylic acids is 2. The fourth-order valence-corrected chi connectivity index (χ4v) is 4.58. The molecule has 0 saturated carbocycles. The number of amides is 2. The molecular formula is C16H28N2O8Te. The zero-order valence-corrected chi connectivity index (χ0v) is 18.7. The zero-order valence-electron chi connectivity index (χ0n) is 16.3. The molecule has 0 bridgehead atoms. The summed E-state index contributed by atoms with van der Waals surface area (Å²) in [5.41, 5.74) is -1.54. The van der Waals surface area contributed by atoms with Crippen molar-refractivity contribution in [3.63, 3.8) is 0 Å². The van der Waals surface area contributed by atoms with E-state index in [4.69, 9.17) is 9.47 Å².